The van der Waals surface area contributed by atoms with E-state index in [0.717, 1.165) is 24.0 Å². The molecule has 1 saturated carbocycles. The van der Waals surface area contributed by atoms with Gasteiger partial charge in [0.25, 0.3) is 0 Å². The number of benzene rings is 1. The van der Waals surface area contributed by atoms with E-state index in [0.29, 0.717) is 0 Å². The summed E-state index contributed by atoms with van der Waals surface area (Å²) in [5.74, 6) is 0. The number of hydrogen-bond donors (Lipinski definition) is 1. The first-order valence-electron chi connectivity index (χ1n) is 6.56. The SMILES string of the molecule is C=Cc1ccc(C(O)C2(C)CCCCC2)cc1. The van der Waals surface area contributed by atoms with Gasteiger partial charge in [0.05, 0.1) is 6.10 Å². The fourth-order valence-corrected chi connectivity index (χ4v) is 2.85. The summed E-state index contributed by atoms with van der Waals surface area (Å²) in [5.41, 5.74) is 2.21. The third kappa shape index (κ3) is 2.61. The predicted octanol–water partition coefficient (Wildman–Crippen LogP) is 4.33. The third-order valence-corrected chi connectivity index (χ3v) is 4.14. The van der Waals surface area contributed by atoms with Crippen molar-refractivity contribution in [2.45, 2.75) is 45.1 Å². The van der Waals surface area contributed by atoms with Crippen LogP contribution in [0.5, 0.6) is 0 Å². The van der Waals surface area contributed by atoms with E-state index < -0.39 is 0 Å². The van der Waals surface area contributed by atoms with Crippen LogP contribution in [0.25, 0.3) is 6.08 Å². The number of hydrogen-bond acceptors (Lipinski definition) is 1. The Balaban J connectivity index is 2.17. The Morgan fingerprint density at radius 2 is 1.76 bits per heavy atom. The molecule has 2 rings (SSSR count). The van der Waals surface area contributed by atoms with Gasteiger partial charge in [-0.1, -0.05) is 63.1 Å². The fourth-order valence-electron chi connectivity index (χ4n) is 2.85. The van der Waals surface area contributed by atoms with Crippen LogP contribution in [0.2, 0.25) is 0 Å². The monoisotopic (exact) mass is 230 g/mol. The van der Waals surface area contributed by atoms with E-state index in [2.05, 4.69) is 13.5 Å². The summed E-state index contributed by atoms with van der Waals surface area (Å²) in [6.07, 6.45) is 7.59. The van der Waals surface area contributed by atoms with E-state index in [4.69, 9.17) is 0 Å². The van der Waals surface area contributed by atoms with E-state index in [1.165, 1.54) is 19.3 Å². The Kier molecular flexibility index (Phi) is 3.68. The summed E-state index contributed by atoms with van der Waals surface area (Å²) in [4.78, 5) is 0. The van der Waals surface area contributed by atoms with Gasteiger partial charge < -0.3 is 5.11 Å². The maximum Gasteiger partial charge on any atom is 0.0843 e. The van der Waals surface area contributed by atoms with Crippen molar-refractivity contribution in [3.8, 4) is 0 Å². The summed E-state index contributed by atoms with van der Waals surface area (Å²) >= 11 is 0. The minimum atomic E-state index is -0.332. The van der Waals surface area contributed by atoms with Crippen LogP contribution >= 0.6 is 0 Å². The molecule has 1 aliphatic carbocycles. The zero-order chi connectivity index (χ0) is 12.3. The van der Waals surface area contributed by atoms with Crippen molar-refractivity contribution < 1.29 is 5.11 Å². The zero-order valence-electron chi connectivity index (χ0n) is 10.7. The lowest BCUT2D eigenvalue weighted by atomic mass is 9.70. The molecule has 0 saturated heterocycles. The van der Waals surface area contributed by atoms with Gasteiger partial charge in [-0.05, 0) is 29.4 Å². The van der Waals surface area contributed by atoms with Crippen molar-refractivity contribution in [3.05, 3.63) is 42.0 Å². The smallest absolute Gasteiger partial charge is 0.0843 e. The third-order valence-electron chi connectivity index (χ3n) is 4.14. The summed E-state index contributed by atoms with van der Waals surface area (Å²) in [7, 11) is 0. The predicted molar refractivity (Wildman–Crippen MR) is 72.7 cm³/mol. The molecule has 17 heavy (non-hydrogen) atoms. The van der Waals surface area contributed by atoms with Crippen LogP contribution in [-0.4, -0.2) is 5.11 Å². The van der Waals surface area contributed by atoms with E-state index >= 15 is 0 Å². The highest BCUT2D eigenvalue weighted by molar-refractivity contribution is 5.47. The first-order valence-corrected chi connectivity index (χ1v) is 6.56. The van der Waals surface area contributed by atoms with E-state index in [9.17, 15) is 5.11 Å². The maximum atomic E-state index is 10.5. The van der Waals surface area contributed by atoms with Gasteiger partial charge in [-0.3, -0.25) is 0 Å². The van der Waals surface area contributed by atoms with Crippen LogP contribution in [0.15, 0.2) is 30.8 Å². The normalized spacial score (nSPS) is 20.8. The second-order valence-corrected chi connectivity index (χ2v) is 5.49. The molecular weight excluding hydrogens is 208 g/mol. The van der Waals surface area contributed by atoms with Gasteiger partial charge in [0, 0.05) is 0 Å². The summed E-state index contributed by atoms with van der Waals surface area (Å²) in [5, 5.41) is 10.5. The Morgan fingerprint density at radius 3 is 2.29 bits per heavy atom. The van der Waals surface area contributed by atoms with Crippen molar-refractivity contribution in [1.29, 1.82) is 0 Å². The molecule has 1 heteroatoms. The molecule has 1 aromatic carbocycles. The minimum absolute atomic E-state index is 0.0634. The maximum absolute atomic E-state index is 10.5. The van der Waals surface area contributed by atoms with Crippen LogP contribution in [0.4, 0.5) is 0 Å². The molecule has 1 atom stereocenters. The quantitative estimate of drug-likeness (QED) is 0.819. The molecule has 0 spiro atoms. The zero-order valence-corrected chi connectivity index (χ0v) is 10.7. The lowest BCUT2D eigenvalue weighted by molar-refractivity contribution is 0.00819. The molecule has 1 N–H and O–H groups in total. The molecule has 92 valence electrons. The molecule has 0 aliphatic heterocycles. The highest BCUT2D eigenvalue weighted by Crippen LogP contribution is 2.45. The molecule has 0 bridgehead atoms. The van der Waals surface area contributed by atoms with Crippen molar-refractivity contribution in [1.82, 2.24) is 0 Å². The lowest BCUT2D eigenvalue weighted by Crippen LogP contribution is -2.28. The average Bonchev–Trinajstić information content (AvgIpc) is 2.39. The van der Waals surface area contributed by atoms with Gasteiger partial charge in [0.2, 0.25) is 0 Å². The Bertz CT molecular complexity index is 371. The highest BCUT2D eigenvalue weighted by Gasteiger charge is 2.34. The van der Waals surface area contributed by atoms with Crippen molar-refractivity contribution in [2.75, 3.05) is 0 Å². The molecule has 1 aromatic rings. The Hall–Kier alpha value is -1.08. The Labute approximate surface area is 104 Å². The van der Waals surface area contributed by atoms with Crippen LogP contribution in [0, 0.1) is 5.41 Å². The molecule has 1 nitrogen and oxygen atoms in total. The second-order valence-electron chi connectivity index (χ2n) is 5.49. The van der Waals surface area contributed by atoms with Gasteiger partial charge in [0.1, 0.15) is 0 Å². The van der Waals surface area contributed by atoms with Gasteiger partial charge in [-0.2, -0.15) is 0 Å². The Morgan fingerprint density at radius 1 is 1.18 bits per heavy atom. The molecule has 0 radical (unpaired) electrons. The molecule has 1 aliphatic rings. The summed E-state index contributed by atoms with van der Waals surface area (Å²) in [6, 6.07) is 8.11. The van der Waals surface area contributed by atoms with E-state index in [1.54, 1.807) is 0 Å². The molecule has 0 aromatic heterocycles. The van der Waals surface area contributed by atoms with Crippen LogP contribution in [0.1, 0.15) is 56.3 Å². The van der Waals surface area contributed by atoms with Crippen LogP contribution < -0.4 is 0 Å². The fraction of sp³-hybridized carbons (Fsp3) is 0.500. The molecule has 0 heterocycles. The van der Waals surface area contributed by atoms with Gasteiger partial charge in [0.15, 0.2) is 0 Å². The van der Waals surface area contributed by atoms with E-state index in [1.807, 2.05) is 30.3 Å². The number of aliphatic hydroxyl groups excluding tert-OH is 1. The molecule has 0 amide bonds. The minimum Gasteiger partial charge on any atom is -0.388 e. The van der Waals surface area contributed by atoms with Crippen LogP contribution in [0.3, 0.4) is 0 Å². The van der Waals surface area contributed by atoms with Gasteiger partial charge in [-0.25, -0.2) is 0 Å². The molecule has 1 fully saturated rings. The van der Waals surface area contributed by atoms with Gasteiger partial charge in [-0.15, -0.1) is 0 Å². The van der Waals surface area contributed by atoms with Gasteiger partial charge >= 0.3 is 0 Å². The first-order chi connectivity index (χ1) is 8.15. The first kappa shape index (κ1) is 12.4. The number of aliphatic hydroxyl groups is 1. The summed E-state index contributed by atoms with van der Waals surface area (Å²) in [6.45, 7) is 5.97. The van der Waals surface area contributed by atoms with Crippen LogP contribution in [-0.2, 0) is 0 Å². The standard InChI is InChI=1S/C16H22O/c1-3-13-7-9-14(10-8-13)15(17)16(2)11-5-4-6-12-16/h3,7-10,15,17H,1,4-6,11-12H2,2H3. The second kappa shape index (κ2) is 5.05. The summed E-state index contributed by atoms with van der Waals surface area (Å²) < 4.78 is 0. The van der Waals surface area contributed by atoms with E-state index in [-0.39, 0.29) is 11.5 Å². The topological polar surface area (TPSA) is 20.2 Å². The highest BCUT2D eigenvalue weighted by atomic mass is 16.3. The van der Waals surface area contributed by atoms with Crippen molar-refractivity contribution >= 4 is 6.08 Å². The van der Waals surface area contributed by atoms with Crippen molar-refractivity contribution in [2.24, 2.45) is 5.41 Å². The largest absolute Gasteiger partial charge is 0.388 e. The number of rotatable bonds is 3. The average molecular weight is 230 g/mol. The molecule has 1 unspecified atom stereocenters. The lowest BCUT2D eigenvalue weighted by Gasteiger charge is -2.38. The molecular formula is C16H22O. The van der Waals surface area contributed by atoms with Crippen molar-refractivity contribution in [3.63, 3.8) is 0 Å².